The van der Waals surface area contributed by atoms with E-state index in [0.29, 0.717) is 12.0 Å². The van der Waals surface area contributed by atoms with Gasteiger partial charge in [0.25, 0.3) is 11.8 Å². The van der Waals surface area contributed by atoms with Crippen LogP contribution in [0.25, 0.3) is 0 Å². The summed E-state index contributed by atoms with van der Waals surface area (Å²) < 4.78 is 0. The van der Waals surface area contributed by atoms with Crippen molar-refractivity contribution in [2.45, 2.75) is 32.7 Å². The number of imide groups is 1. The molecular weight excluding hydrogens is 310 g/mol. The van der Waals surface area contributed by atoms with E-state index in [4.69, 9.17) is 0 Å². The summed E-state index contributed by atoms with van der Waals surface area (Å²) in [5, 5.41) is 5.32. The van der Waals surface area contributed by atoms with E-state index < -0.39 is 23.8 Å². The molecule has 1 heterocycles. The largest absolute Gasteiger partial charge is 0.388 e. The molecule has 0 aromatic heterocycles. The minimum atomic E-state index is -0.986. The van der Waals surface area contributed by atoms with Crippen LogP contribution in [0.2, 0.25) is 0 Å². The van der Waals surface area contributed by atoms with Crippen LogP contribution in [0.3, 0.4) is 0 Å². The molecule has 7 nitrogen and oxygen atoms in total. The number of nitrogens with one attached hydrogen (secondary N) is 2. The fraction of sp³-hybridized carbons (Fsp3) is 0.412. The van der Waals surface area contributed by atoms with Crippen LogP contribution in [0, 0.1) is 0 Å². The van der Waals surface area contributed by atoms with Gasteiger partial charge in [-0.3, -0.25) is 19.3 Å². The zero-order valence-electron chi connectivity index (χ0n) is 14.4. The lowest BCUT2D eigenvalue weighted by molar-refractivity contribution is -0.124. The molecule has 0 spiro atoms. The Hall–Kier alpha value is -2.70. The summed E-state index contributed by atoms with van der Waals surface area (Å²) in [6.45, 7) is 4.00. The molecule has 7 heteroatoms. The van der Waals surface area contributed by atoms with Crippen molar-refractivity contribution in [1.29, 1.82) is 0 Å². The van der Waals surface area contributed by atoms with Crippen LogP contribution in [-0.2, 0) is 9.59 Å². The van der Waals surface area contributed by atoms with Gasteiger partial charge in [0, 0.05) is 26.2 Å². The van der Waals surface area contributed by atoms with Crippen molar-refractivity contribution < 1.29 is 19.2 Å². The summed E-state index contributed by atoms with van der Waals surface area (Å²) in [4.78, 5) is 48.5. The fourth-order valence-electron chi connectivity index (χ4n) is 2.47. The molecule has 3 amide bonds. The first-order chi connectivity index (χ1) is 11.5. The zero-order chi connectivity index (χ0) is 18.3. The Balaban J connectivity index is 0.00000139. The molecule has 2 rings (SSSR count). The second-order valence-electron chi connectivity index (χ2n) is 4.86. The number of nitrogens with zero attached hydrogens (tertiary/aromatic N) is 1. The third-order valence-electron chi connectivity index (χ3n) is 3.63. The molecule has 1 aliphatic rings. The SMILES string of the molecule is CC.CNC(=O)C(CCC=O)N1C(=O)c2ccc(NC)cc2C1=O. The Morgan fingerprint density at radius 2 is 1.79 bits per heavy atom. The van der Waals surface area contributed by atoms with E-state index in [1.54, 1.807) is 25.2 Å². The molecule has 2 N–H and O–H groups in total. The molecule has 24 heavy (non-hydrogen) atoms. The fourth-order valence-corrected chi connectivity index (χ4v) is 2.47. The monoisotopic (exact) mass is 333 g/mol. The summed E-state index contributed by atoms with van der Waals surface area (Å²) >= 11 is 0. The number of carbonyl (C=O) groups is 4. The van der Waals surface area contributed by atoms with Crippen molar-refractivity contribution in [2.24, 2.45) is 0 Å². The van der Waals surface area contributed by atoms with Gasteiger partial charge in [0.05, 0.1) is 11.1 Å². The van der Waals surface area contributed by atoms with Gasteiger partial charge in [-0.2, -0.15) is 0 Å². The van der Waals surface area contributed by atoms with Crippen molar-refractivity contribution in [2.75, 3.05) is 19.4 Å². The van der Waals surface area contributed by atoms with Crippen LogP contribution < -0.4 is 10.6 Å². The highest BCUT2D eigenvalue weighted by atomic mass is 16.2. The van der Waals surface area contributed by atoms with Gasteiger partial charge >= 0.3 is 0 Å². The molecule has 0 radical (unpaired) electrons. The van der Waals surface area contributed by atoms with Crippen LogP contribution in [0.4, 0.5) is 5.69 Å². The maximum Gasteiger partial charge on any atom is 0.262 e. The normalized spacial score (nSPS) is 13.6. The van der Waals surface area contributed by atoms with E-state index in [0.717, 1.165) is 4.90 Å². The van der Waals surface area contributed by atoms with E-state index >= 15 is 0 Å². The minimum absolute atomic E-state index is 0.0905. The van der Waals surface area contributed by atoms with Crippen LogP contribution in [0.1, 0.15) is 47.4 Å². The Kier molecular flexibility index (Phi) is 7.10. The molecule has 0 saturated carbocycles. The van der Waals surface area contributed by atoms with Crippen molar-refractivity contribution in [1.82, 2.24) is 10.2 Å². The molecular formula is C17H23N3O4. The first-order valence-corrected chi connectivity index (χ1v) is 7.90. The second-order valence-corrected chi connectivity index (χ2v) is 4.86. The van der Waals surface area contributed by atoms with Gasteiger partial charge in [-0.05, 0) is 24.6 Å². The van der Waals surface area contributed by atoms with Crippen LogP contribution in [-0.4, -0.2) is 49.0 Å². The molecule has 1 atom stereocenters. The van der Waals surface area contributed by atoms with Crippen molar-refractivity contribution in [3.8, 4) is 0 Å². The standard InChI is InChI=1S/C15H17N3O4.C2H6/c1-16-9-5-6-10-11(8-9)15(22)18(14(10)21)12(4-3-7-19)13(20)17-2;1-2/h5-8,12,16H,3-4H2,1-2H3,(H,17,20);1-2H3. The molecule has 1 aromatic carbocycles. The number of aldehydes is 1. The molecule has 1 aliphatic heterocycles. The Bertz CT molecular complexity index is 643. The molecule has 0 aliphatic carbocycles. The van der Waals surface area contributed by atoms with E-state index in [2.05, 4.69) is 10.6 Å². The quantitative estimate of drug-likeness (QED) is 0.607. The van der Waals surface area contributed by atoms with Crippen LogP contribution >= 0.6 is 0 Å². The summed E-state index contributed by atoms with van der Waals surface area (Å²) in [5.41, 5.74) is 1.23. The number of anilines is 1. The highest BCUT2D eigenvalue weighted by Gasteiger charge is 2.42. The number of fused-ring (bicyclic) bond motifs is 1. The third kappa shape index (κ3) is 3.61. The average molecular weight is 333 g/mol. The Morgan fingerprint density at radius 3 is 2.33 bits per heavy atom. The Labute approximate surface area is 141 Å². The third-order valence-corrected chi connectivity index (χ3v) is 3.63. The van der Waals surface area contributed by atoms with Gasteiger partial charge in [-0.15, -0.1) is 0 Å². The highest BCUT2D eigenvalue weighted by molar-refractivity contribution is 6.23. The van der Waals surface area contributed by atoms with Crippen molar-refractivity contribution in [3.63, 3.8) is 0 Å². The van der Waals surface area contributed by atoms with Crippen LogP contribution in [0.5, 0.6) is 0 Å². The van der Waals surface area contributed by atoms with Gasteiger partial charge in [0.15, 0.2) is 0 Å². The summed E-state index contributed by atoms with van der Waals surface area (Å²) in [7, 11) is 3.13. The summed E-state index contributed by atoms with van der Waals surface area (Å²) in [6, 6.07) is 3.84. The maximum absolute atomic E-state index is 12.5. The number of amides is 3. The first kappa shape index (κ1) is 19.3. The predicted octanol–water partition coefficient (Wildman–Crippen LogP) is 1.44. The highest BCUT2D eigenvalue weighted by Crippen LogP contribution is 2.28. The number of benzene rings is 1. The average Bonchev–Trinajstić information content (AvgIpc) is 2.87. The lowest BCUT2D eigenvalue weighted by Gasteiger charge is -2.24. The van der Waals surface area contributed by atoms with Gasteiger partial charge in [0.2, 0.25) is 5.91 Å². The van der Waals surface area contributed by atoms with Crippen molar-refractivity contribution in [3.05, 3.63) is 29.3 Å². The molecule has 1 aromatic rings. The van der Waals surface area contributed by atoms with E-state index in [9.17, 15) is 19.2 Å². The number of hydrogen-bond donors (Lipinski definition) is 2. The van der Waals surface area contributed by atoms with Gasteiger partial charge < -0.3 is 15.4 Å². The molecule has 130 valence electrons. The van der Waals surface area contributed by atoms with Crippen molar-refractivity contribution >= 4 is 29.7 Å². The van der Waals surface area contributed by atoms with E-state index in [1.165, 1.54) is 7.05 Å². The van der Waals surface area contributed by atoms with Gasteiger partial charge in [-0.25, -0.2) is 0 Å². The van der Waals surface area contributed by atoms with Gasteiger partial charge in [-0.1, -0.05) is 13.8 Å². The van der Waals surface area contributed by atoms with E-state index in [1.807, 2.05) is 13.8 Å². The summed E-state index contributed by atoms with van der Waals surface area (Å²) in [6.07, 6.45) is 0.855. The number of rotatable bonds is 6. The lowest BCUT2D eigenvalue weighted by Crippen LogP contribution is -2.48. The molecule has 0 fully saturated rings. The lowest BCUT2D eigenvalue weighted by atomic mass is 10.1. The molecule has 0 saturated heterocycles. The second kappa shape index (κ2) is 8.81. The smallest absolute Gasteiger partial charge is 0.262 e. The summed E-state index contributed by atoms with van der Waals surface area (Å²) in [5.74, 6) is -1.50. The molecule has 0 bridgehead atoms. The first-order valence-electron chi connectivity index (χ1n) is 7.90. The number of likely N-dealkylation sites (N-methyl/N-ethyl adjacent to an activating group) is 1. The minimum Gasteiger partial charge on any atom is -0.388 e. The van der Waals surface area contributed by atoms with Gasteiger partial charge in [0.1, 0.15) is 12.3 Å². The van der Waals surface area contributed by atoms with Crippen LogP contribution in [0.15, 0.2) is 18.2 Å². The Morgan fingerprint density at radius 1 is 1.17 bits per heavy atom. The number of hydrogen-bond acceptors (Lipinski definition) is 5. The topological polar surface area (TPSA) is 95.6 Å². The zero-order valence-corrected chi connectivity index (χ0v) is 14.4. The van der Waals surface area contributed by atoms with E-state index in [-0.39, 0.29) is 24.0 Å². The predicted molar refractivity (Wildman–Crippen MR) is 91.0 cm³/mol. The molecule has 1 unspecified atom stereocenters. The number of carbonyl (C=O) groups excluding carboxylic acids is 4. The maximum atomic E-state index is 12.5.